The van der Waals surface area contributed by atoms with Gasteiger partial charge in [-0.05, 0) is 63.5 Å². The lowest BCUT2D eigenvalue weighted by molar-refractivity contribution is -0.204. The number of carbonyl (C=O) groups is 5. The summed E-state index contributed by atoms with van der Waals surface area (Å²) in [6.45, 7) is -0.259. The quantitative estimate of drug-likeness (QED) is 0.0784. The maximum absolute atomic E-state index is 13.5. The molecule has 0 aliphatic carbocycles. The van der Waals surface area contributed by atoms with Gasteiger partial charge in [-0.25, -0.2) is 9.59 Å². The number of benzene rings is 1. The highest BCUT2D eigenvalue weighted by molar-refractivity contribution is 5.94. The molecule has 0 spiro atoms. The molecule has 0 radical (unpaired) electrons. The zero-order valence-electron chi connectivity index (χ0n) is 25.5. The predicted molar refractivity (Wildman–Crippen MR) is 155 cm³/mol. The minimum atomic E-state index is -5.42. The van der Waals surface area contributed by atoms with E-state index in [0.717, 1.165) is 0 Å². The Morgan fingerprint density at radius 3 is 2.00 bits per heavy atom. The Kier molecular flexibility index (Phi) is 14.6. The molecule has 18 heteroatoms. The second-order valence-electron chi connectivity index (χ2n) is 11.4. The summed E-state index contributed by atoms with van der Waals surface area (Å²) < 4.78 is 80.1. The number of nitrogens with two attached hydrogens (primary N) is 3. The van der Waals surface area contributed by atoms with E-state index in [-0.39, 0.29) is 45.3 Å². The number of hydrogen-bond donors (Lipinski definition) is 5. The third-order valence-electron chi connectivity index (χ3n) is 7.57. The first-order valence-corrected chi connectivity index (χ1v) is 14.9. The first kappa shape index (κ1) is 39.4. The van der Waals surface area contributed by atoms with Crippen LogP contribution >= 0.6 is 0 Å². The van der Waals surface area contributed by atoms with Crippen LogP contribution in [0.1, 0.15) is 56.9 Å². The topological polar surface area (TPSA) is 200 Å². The minimum Gasteiger partial charge on any atom is -0.385 e. The molecular weight excluding hydrogens is 642 g/mol. The summed E-state index contributed by atoms with van der Waals surface area (Å²) >= 11 is 0. The number of amides is 3. The summed E-state index contributed by atoms with van der Waals surface area (Å²) in [5.41, 5.74) is 16.2. The van der Waals surface area contributed by atoms with Crippen LogP contribution in [0.4, 0.5) is 26.3 Å². The molecular formula is C29H40F6N6O6. The fourth-order valence-electron chi connectivity index (χ4n) is 4.83. The van der Waals surface area contributed by atoms with Crippen molar-refractivity contribution in [2.45, 2.75) is 93.8 Å². The maximum Gasteiger partial charge on any atom is 0.491 e. The second-order valence-corrected chi connectivity index (χ2v) is 11.4. The van der Waals surface area contributed by atoms with Gasteiger partial charge in [0.1, 0.15) is 17.6 Å². The van der Waals surface area contributed by atoms with Crippen molar-refractivity contribution < 1.29 is 55.1 Å². The predicted octanol–water partition coefficient (Wildman–Crippen LogP) is 1.34. The molecule has 1 aliphatic rings. The number of piperidine rings is 1. The molecule has 12 nitrogen and oxygen atoms in total. The average Bonchev–Trinajstić information content (AvgIpc) is 2.99. The number of ether oxygens (including phenoxy) is 1. The molecule has 1 aromatic rings. The zero-order valence-corrected chi connectivity index (χ0v) is 25.5. The molecule has 0 saturated carbocycles. The van der Waals surface area contributed by atoms with E-state index in [2.05, 4.69) is 15.4 Å². The molecule has 2 rings (SSSR count). The van der Waals surface area contributed by atoms with Crippen molar-refractivity contribution in [2.75, 3.05) is 19.6 Å². The van der Waals surface area contributed by atoms with Crippen molar-refractivity contribution >= 4 is 29.7 Å². The van der Waals surface area contributed by atoms with E-state index in [1.54, 1.807) is 30.3 Å². The van der Waals surface area contributed by atoms with Crippen LogP contribution in [0.5, 0.6) is 0 Å². The molecule has 264 valence electrons. The van der Waals surface area contributed by atoms with Crippen molar-refractivity contribution in [1.29, 1.82) is 0 Å². The Bertz CT molecular complexity index is 1220. The van der Waals surface area contributed by atoms with E-state index in [1.165, 1.54) is 4.90 Å². The van der Waals surface area contributed by atoms with Crippen LogP contribution in [0.15, 0.2) is 30.3 Å². The lowest BCUT2D eigenvalue weighted by Crippen LogP contribution is -2.61. The van der Waals surface area contributed by atoms with Gasteiger partial charge in [-0.1, -0.05) is 30.3 Å². The first-order chi connectivity index (χ1) is 21.9. The number of esters is 2. The molecule has 1 heterocycles. The summed E-state index contributed by atoms with van der Waals surface area (Å²) in [4.78, 5) is 64.2. The Hall–Kier alpha value is -3.77. The number of nitrogens with one attached hydrogen (secondary N) is 2. The van der Waals surface area contributed by atoms with Crippen molar-refractivity contribution in [3.05, 3.63) is 35.9 Å². The van der Waals surface area contributed by atoms with Gasteiger partial charge in [0.05, 0.1) is 6.04 Å². The van der Waals surface area contributed by atoms with Gasteiger partial charge < -0.3 is 37.5 Å². The summed E-state index contributed by atoms with van der Waals surface area (Å²) in [6.07, 6.45) is -11.9. The Morgan fingerprint density at radius 2 is 1.45 bits per heavy atom. The molecule has 3 atom stereocenters. The van der Waals surface area contributed by atoms with Crippen LogP contribution in [0.3, 0.4) is 0 Å². The fraction of sp³-hybridized carbons (Fsp3) is 0.621. The molecule has 0 bridgehead atoms. The van der Waals surface area contributed by atoms with E-state index in [0.29, 0.717) is 18.4 Å². The highest BCUT2D eigenvalue weighted by Crippen LogP contribution is 2.25. The number of rotatable bonds is 15. The molecule has 1 unspecified atom stereocenters. The maximum atomic E-state index is 13.5. The SMILES string of the molecule is NCCCC[C@@H](NC(=O)C(CCCC(F)(F)F)NC(=O)[C@H](N)Cc1ccccc1)C(=O)N1CCC(N)(C(=O)OC(=O)C(F)(F)F)CC1. The van der Waals surface area contributed by atoms with E-state index in [4.69, 9.17) is 17.2 Å². The number of hydrogen-bond acceptors (Lipinski definition) is 9. The normalized spacial score (nSPS) is 16.8. The van der Waals surface area contributed by atoms with Crippen molar-refractivity contribution in [3.63, 3.8) is 0 Å². The molecule has 1 saturated heterocycles. The first-order valence-electron chi connectivity index (χ1n) is 14.9. The van der Waals surface area contributed by atoms with Crippen LogP contribution in [0, 0.1) is 0 Å². The standard InChI is InChI=1S/C29H40F6N6O6/c30-28(31,32)11-6-10-20(39-22(42)19(37)17-18-7-2-1-3-8-18)23(43)40-21(9-4-5-14-36)24(44)41-15-12-27(38,13-16-41)25(45)47-26(46)29(33,34)35/h1-3,7-8,19-21H,4-6,9-17,36-38H2,(H,39,42)(H,40,43)/t19-,20?,21-/m1/s1. The number of halogens is 6. The van der Waals surface area contributed by atoms with Gasteiger partial charge in [-0.15, -0.1) is 0 Å². The van der Waals surface area contributed by atoms with Crippen LogP contribution in [0.25, 0.3) is 0 Å². The third kappa shape index (κ3) is 13.1. The number of unbranched alkanes of at least 4 members (excludes halogenated alkanes) is 1. The molecule has 8 N–H and O–H groups in total. The highest BCUT2D eigenvalue weighted by atomic mass is 19.4. The lowest BCUT2D eigenvalue weighted by Gasteiger charge is -2.38. The zero-order chi connectivity index (χ0) is 35.4. The lowest BCUT2D eigenvalue weighted by atomic mass is 9.88. The molecule has 47 heavy (non-hydrogen) atoms. The van der Waals surface area contributed by atoms with Crippen LogP contribution in [-0.4, -0.2) is 90.2 Å². The van der Waals surface area contributed by atoms with Crippen LogP contribution < -0.4 is 27.8 Å². The molecule has 1 fully saturated rings. The van der Waals surface area contributed by atoms with Crippen LogP contribution in [-0.2, 0) is 35.1 Å². The third-order valence-corrected chi connectivity index (χ3v) is 7.57. The summed E-state index contributed by atoms with van der Waals surface area (Å²) in [7, 11) is 0. The number of nitrogens with zero attached hydrogens (tertiary/aromatic N) is 1. The average molecular weight is 683 g/mol. The summed E-state index contributed by atoms with van der Waals surface area (Å²) in [5.74, 6) is -6.73. The van der Waals surface area contributed by atoms with Gasteiger partial charge in [0.2, 0.25) is 17.7 Å². The monoisotopic (exact) mass is 682 g/mol. The number of carbonyl (C=O) groups excluding carboxylic acids is 5. The summed E-state index contributed by atoms with van der Waals surface area (Å²) in [6, 6.07) is 4.80. The molecule has 1 aromatic carbocycles. The largest absolute Gasteiger partial charge is 0.491 e. The summed E-state index contributed by atoms with van der Waals surface area (Å²) in [5, 5.41) is 4.90. The number of likely N-dealkylation sites (tertiary alicyclic amines) is 1. The van der Waals surface area contributed by atoms with E-state index < -0.39 is 84.9 Å². The van der Waals surface area contributed by atoms with Gasteiger partial charge in [0, 0.05) is 19.5 Å². The number of alkyl halides is 6. The van der Waals surface area contributed by atoms with Crippen LogP contribution in [0.2, 0.25) is 0 Å². The van der Waals surface area contributed by atoms with Crippen molar-refractivity contribution in [3.8, 4) is 0 Å². The minimum absolute atomic E-state index is 0.0465. The smallest absolute Gasteiger partial charge is 0.385 e. The van der Waals surface area contributed by atoms with E-state index in [9.17, 15) is 50.3 Å². The molecule has 0 aromatic heterocycles. The van der Waals surface area contributed by atoms with Gasteiger partial charge in [-0.2, -0.15) is 26.3 Å². The fourth-order valence-corrected chi connectivity index (χ4v) is 4.83. The van der Waals surface area contributed by atoms with E-state index in [1.807, 2.05) is 0 Å². The Labute approximate surface area is 267 Å². The van der Waals surface area contributed by atoms with Gasteiger partial charge in [-0.3, -0.25) is 14.4 Å². The molecule has 1 aliphatic heterocycles. The second kappa shape index (κ2) is 17.4. The molecule has 3 amide bonds. The van der Waals surface area contributed by atoms with Gasteiger partial charge in [0.15, 0.2) is 0 Å². The van der Waals surface area contributed by atoms with Crippen molar-refractivity contribution in [1.82, 2.24) is 15.5 Å². The van der Waals surface area contributed by atoms with Gasteiger partial charge >= 0.3 is 24.3 Å². The van der Waals surface area contributed by atoms with Crippen molar-refractivity contribution in [2.24, 2.45) is 17.2 Å². The van der Waals surface area contributed by atoms with Gasteiger partial charge in [0.25, 0.3) is 0 Å². The van der Waals surface area contributed by atoms with E-state index >= 15 is 0 Å². The highest BCUT2D eigenvalue weighted by Gasteiger charge is 2.48. The Morgan fingerprint density at radius 1 is 0.872 bits per heavy atom. The Balaban J connectivity index is 2.15.